The second-order valence-corrected chi connectivity index (χ2v) is 3.77. The highest BCUT2D eigenvalue weighted by Gasteiger charge is 2.03. The van der Waals surface area contributed by atoms with Crippen LogP contribution in [0.5, 0.6) is 0 Å². The molecule has 0 fully saturated rings. The van der Waals surface area contributed by atoms with Gasteiger partial charge in [-0.3, -0.25) is 0 Å². The van der Waals surface area contributed by atoms with E-state index in [1.807, 2.05) is 6.92 Å². The van der Waals surface area contributed by atoms with Gasteiger partial charge in [0.2, 0.25) is 0 Å². The van der Waals surface area contributed by atoms with Crippen molar-refractivity contribution in [2.45, 2.75) is 13.5 Å². The molecule has 0 radical (unpaired) electrons. The molecule has 19 heavy (non-hydrogen) atoms. The predicted octanol–water partition coefficient (Wildman–Crippen LogP) is 2.48. The lowest BCUT2D eigenvalue weighted by Gasteiger charge is -2.06. The fourth-order valence-electron chi connectivity index (χ4n) is 1.40. The lowest BCUT2D eigenvalue weighted by molar-refractivity contribution is -0.131. The third-order valence-corrected chi connectivity index (χ3v) is 2.33. The Kier molecular flexibility index (Phi) is 6.78. The van der Waals surface area contributed by atoms with Crippen LogP contribution in [0, 0.1) is 5.82 Å². The van der Waals surface area contributed by atoms with E-state index in [4.69, 9.17) is 14.6 Å². The largest absolute Gasteiger partial charge is 0.478 e. The van der Waals surface area contributed by atoms with E-state index in [2.05, 4.69) is 0 Å². The highest BCUT2D eigenvalue weighted by molar-refractivity contribution is 5.85. The van der Waals surface area contributed by atoms with E-state index in [1.54, 1.807) is 12.1 Å². The number of carboxylic acid groups (broad SMARTS) is 1. The molecule has 0 amide bonds. The number of ether oxygens (including phenoxy) is 2. The Morgan fingerprint density at radius 3 is 2.74 bits per heavy atom. The topological polar surface area (TPSA) is 55.8 Å². The average molecular weight is 268 g/mol. The van der Waals surface area contributed by atoms with Crippen molar-refractivity contribution < 1.29 is 23.8 Å². The Hall–Kier alpha value is -1.72. The van der Waals surface area contributed by atoms with E-state index in [-0.39, 0.29) is 6.61 Å². The summed E-state index contributed by atoms with van der Waals surface area (Å²) >= 11 is 0. The number of carbonyl (C=O) groups is 1. The summed E-state index contributed by atoms with van der Waals surface area (Å²) in [4.78, 5) is 10.3. The number of carboxylic acids is 1. The Morgan fingerprint density at radius 2 is 2.11 bits per heavy atom. The zero-order valence-corrected chi connectivity index (χ0v) is 10.8. The third-order valence-electron chi connectivity index (χ3n) is 2.33. The molecule has 1 aromatic carbocycles. The van der Waals surface area contributed by atoms with Crippen molar-refractivity contribution in [3.63, 3.8) is 0 Å². The highest BCUT2D eigenvalue weighted by atomic mass is 19.1. The van der Waals surface area contributed by atoms with Crippen molar-refractivity contribution in [3.05, 3.63) is 41.2 Å². The van der Waals surface area contributed by atoms with Crippen LogP contribution < -0.4 is 0 Å². The van der Waals surface area contributed by atoms with Crippen molar-refractivity contribution in [2.75, 3.05) is 19.8 Å². The Morgan fingerprint density at radius 1 is 1.37 bits per heavy atom. The zero-order valence-electron chi connectivity index (χ0n) is 10.8. The second kappa shape index (κ2) is 8.39. The maximum Gasteiger partial charge on any atom is 0.328 e. The molecule has 0 saturated heterocycles. The van der Waals surface area contributed by atoms with Gasteiger partial charge in [0.05, 0.1) is 19.8 Å². The summed E-state index contributed by atoms with van der Waals surface area (Å²) in [7, 11) is 0. The lowest BCUT2D eigenvalue weighted by Crippen LogP contribution is -2.04. The SMILES string of the molecule is CCOCCOCc1ccc(C=CC(=O)O)cc1F. The Labute approximate surface area is 111 Å². The quantitative estimate of drug-likeness (QED) is 0.581. The van der Waals surface area contributed by atoms with Crippen molar-refractivity contribution in [1.82, 2.24) is 0 Å². The summed E-state index contributed by atoms with van der Waals surface area (Å²) in [6, 6.07) is 4.50. The molecule has 0 saturated carbocycles. The summed E-state index contributed by atoms with van der Waals surface area (Å²) in [5.74, 6) is -1.48. The number of hydrogen-bond donors (Lipinski definition) is 1. The minimum absolute atomic E-state index is 0.168. The van der Waals surface area contributed by atoms with E-state index in [9.17, 15) is 9.18 Å². The molecule has 0 heterocycles. The van der Waals surface area contributed by atoms with Crippen molar-refractivity contribution in [1.29, 1.82) is 0 Å². The maximum atomic E-state index is 13.7. The van der Waals surface area contributed by atoms with Crippen LogP contribution in [-0.4, -0.2) is 30.9 Å². The molecule has 1 aromatic rings. The molecule has 0 aliphatic heterocycles. The second-order valence-electron chi connectivity index (χ2n) is 3.77. The fourth-order valence-corrected chi connectivity index (χ4v) is 1.40. The van der Waals surface area contributed by atoms with Crippen LogP contribution in [0.2, 0.25) is 0 Å². The van der Waals surface area contributed by atoms with Gasteiger partial charge < -0.3 is 14.6 Å². The predicted molar refractivity (Wildman–Crippen MR) is 69.2 cm³/mol. The molecule has 4 nitrogen and oxygen atoms in total. The monoisotopic (exact) mass is 268 g/mol. The first kappa shape index (κ1) is 15.3. The number of benzene rings is 1. The fraction of sp³-hybridized carbons (Fsp3) is 0.357. The molecule has 0 atom stereocenters. The molecule has 0 aromatic heterocycles. The van der Waals surface area contributed by atoms with E-state index in [1.165, 1.54) is 12.1 Å². The van der Waals surface area contributed by atoms with Crippen LogP contribution in [0.15, 0.2) is 24.3 Å². The van der Waals surface area contributed by atoms with Gasteiger partial charge >= 0.3 is 5.97 Å². The van der Waals surface area contributed by atoms with Crippen molar-refractivity contribution in [2.24, 2.45) is 0 Å². The van der Waals surface area contributed by atoms with Crippen molar-refractivity contribution >= 4 is 12.0 Å². The number of rotatable bonds is 8. The van der Waals surface area contributed by atoms with Crippen LogP contribution in [0.4, 0.5) is 4.39 Å². The first-order chi connectivity index (χ1) is 9.13. The first-order valence-electron chi connectivity index (χ1n) is 5.98. The standard InChI is InChI=1S/C14H17FO4/c1-2-18-7-8-19-10-12-5-3-11(9-13(12)15)4-6-14(16)17/h3-6,9H,2,7-8,10H2,1H3,(H,16,17). The maximum absolute atomic E-state index is 13.7. The summed E-state index contributed by atoms with van der Waals surface area (Å²) in [5, 5.41) is 8.47. The van der Waals surface area contributed by atoms with Gasteiger partial charge in [-0.05, 0) is 24.6 Å². The van der Waals surface area contributed by atoms with Gasteiger partial charge in [-0.1, -0.05) is 12.1 Å². The molecule has 0 aliphatic carbocycles. The Bertz CT molecular complexity index is 443. The highest BCUT2D eigenvalue weighted by Crippen LogP contribution is 2.13. The van der Waals surface area contributed by atoms with Crippen LogP contribution >= 0.6 is 0 Å². The van der Waals surface area contributed by atoms with Gasteiger partial charge in [-0.2, -0.15) is 0 Å². The first-order valence-corrected chi connectivity index (χ1v) is 5.98. The van der Waals surface area contributed by atoms with Gasteiger partial charge in [-0.15, -0.1) is 0 Å². The number of aliphatic carboxylic acids is 1. The average Bonchev–Trinajstić information content (AvgIpc) is 2.38. The molecule has 1 N–H and O–H groups in total. The number of halogens is 1. The van der Waals surface area contributed by atoms with E-state index < -0.39 is 11.8 Å². The summed E-state index contributed by atoms with van der Waals surface area (Å²) in [6.07, 6.45) is 2.30. The molecular formula is C14H17FO4. The smallest absolute Gasteiger partial charge is 0.328 e. The van der Waals surface area contributed by atoms with Gasteiger partial charge in [0.25, 0.3) is 0 Å². The third kappa shape index (κ3) is 6.13. The van der Waals surface area contributed by atoms with Crippen LogP contribution in [-0.2, 0) is 20.9 Å². The van der Waals surface area contributed by atoms with Crippen LogP contribution in [0.3, 0.4) is 0 Å². The minimum atomic E-state index is -1.07. The zero-order chi connectivity index (χ0) is 14.1. The molecular weight excluding hydrogens is 251 g/mol. The summed E-state index contributed by atoms with van der Waals surface area (Å²) in [5.41, 5.74) is 0.932. The van der Waals surface area contributed by atoms with E-state index in [0.717, 1.165) is 6.08 Å². The summed E-state index contributed by atoms with van der Waals surface area (Å²) < 4.78 is 24.0. The van der Waals surface area contributed by atoms with Gasteiger partial charge in [0.1, 0.15) is 5.82 Å². The molecule has 0 bridgehead atoms. The van der Waals surface area contributed by atoms with Gasteiger partial charge in [0.15, 0.2) is 0 Å². The van der Waals surface area contributed by atoms with E-state index in [0.29, 0.717) is 30.9 Å². The van der Waals surface area contributed by atoms with Gasteiger partial charge in [-0.25, -0.2) is 9.18 Å². The summed E-state index contributed by atoms with van der Waals surface area (Å²) in [6.45, 7) is 3.58. The van der Waals surface area contributed by atoms with Gasteiger partial charge in [0, 0.05) is 18.2 Å². The van der Waals surface area contributed by atoms with Crippen molar-refractivity contribution in [3.8, 4) is 0 Å². The van der Waals surface area contributed by atoms with Crippen LogP contribution in [0.1, 0.15) is 18.1 Å². The molecule has 104 valence electrons. The molecule has 0 spiro atoms. The Balaban J connectivity index is 2.50. The molecule has 0 unspecified atom stereocenters. The molecule has 1 rings (SSSR count). The molecule has 0 aliphatic rings. The minimum Gasteiger partial charge on any atom is -0.478 e. The number of hydrogen-bond acceptors (Lipinski definition) is 3. The normalized spacial score (nSPS) is 11.1. The van der Waals surface area contributed by atoms with Crippen LogP contribution in [0.25, 0.3) is 6.08 Å². The van der Waals surface area contributed by atoms with E-state index >= 15 is 0 Å². The molecule has 5 heteroatoms. The lowest BCUT2D eigenvalue weighted by atomic mass is 10.1.